The normalized spacial score (nSPS) is 19.7. The Bertz CT molecular complexity index is 197. The van der Waals surface area contributed by atoms with E-state index in [1.54, 1.807) is 0 Å². The van der Waals surface area contributed by atoms with Gasteiger partial charge in [-0.25, -0.2) is 0 Å². The summed E-state index contributed by atoms with van der Waals surface area (Å²) in [5, 5.41) is 0. The highest BCUT2D eigenvalue weighted by Gasteiger charge is 2.28. The molecule has 1 saturated carbocycles. The highest BCUT2D eigenvalue weighted by molar-refractivity contribution is 4.84. The van der Waals surface area contributed by atoms with Crippen LogP contribution in [-0.2, 0) is 0 Å². The zero-order valence-corrected chi connectivity index (χ0v) is 12.8. The molecule has 0 aromatic heterocycles. The summed E-state index contributed by atoms with van der Waals surface area (Å²) in [6.45, 7) is 9.02. The van der Waals surface area contributed by atoms with Gasteiger partial charge in [0.05, 0.1) is 0 Å². The molecule has 1 rings (SSSR count). The van der Waals surface area contributed by atoms with Crippen molar-refractivity contribution in [3.05, 3.63) is 0 Å². The lowest BCUT2D eigenvalue weighted by Crippen LogP contribution is -2.49. The second kappa shape index (κ2) is 8.92. The van der Waals surface area contributed by atoms with Crippen molar-refractivity contribution < 1.29 is 0 Å². The Kier molecular flexibility index (Phi) is 7.92. The summed E-state index contributed by atoms with van der Waals surface area (Å²) < 4.78 is 0. The fourth-order valence-electron chi connectivity index (χ4n) is 3.47. The quantitative estimate of drug-likeness (QED) is 0.668. The van der Waals surface area contributed by atoms with Gasteiger partial charge in [-0.15, -0.1) is 0 Å². The first-order valence-corrected chi connectivity index (χ1v) is 8.16. The van der Waals surface area contributed by atoms with Gasteiger partial charge in [-0.3, -0.25) is 4.90 Å². The number of hydrogen-bond donors (Lipinski definition) is 1. The third-order valence-electron chi connectivity index (χ3n) is 4.54. The second-order valence-corrected chi connectivity index (χ2v) is 6.24. The summed E-state index contributed by atoms with van der Waals surface area (Å²) in [6, 6.07) is 1.26. The molecule has 1 aliphatic rings. The fraction of sp³-hybridized carbons (Fsp3) is 1.00. The van der Waals surface area contributed by atoms with E-state index < -0.39 is 0 Å². The average molecular weight is 254 g/mol. The molecule has 1 aliphatic carbocycles. The van der Waals surface area contributed by atoms with Crippen LogP contribution in [0.3, 0.4) is 0 Å². The molecule has 1 atom stereocenters. The van der Waals surface area contributed by atoms with Crippen molar-refractivity contribution in [2.45, 2.75) is 84.2 Å². The summed E-state index contributed by atoms with van der Waals surface area (Å²) in [6.07, 6.45) is 11.1. The molecule has 1 fully saturated rings. The molecule has 18 heavy (non-hydrogen) atoms. The Balaban J connectivity index is 2.54. The van der Waals surface area contributed by atoms with E-state index in [-0.39, 0.29) is 0 Å². The molecule has 108 valence electrons. The maximum absolute atomic E-state index is 6.10. The van der Waals surface area contributed by atoms with E-state index in [4.69, 9.17) is 5.73 Å². The molecule has 2 N–H and O–H groups in total. The van der Waals surface area contributed by atoms with E-state index in [9.17, 15) is 0 Å². The topological polar surface area (TPSA) is 29.3 Å². The first-order chi connectivity index (χ1) is 8.70. The van der Waals surface area contributed by atoms with E-state index >= 15 is 0 Å². The van der Waals surface area contributed by atoms with Crippen LogP contribution in [0.15, 0.2) is 0 Å². The van der Waals surface area contributed by atoms with Crippen LogP contribution in [0.1, 0.15) is 72.1 Å². The first kappa shape index (κ1) is 16.0. The molecule has 0 spiro atoms. The van der Waals surface area contributed by atoms with Crippen LogP contribution in [0.25, 0.3) is 0 Å². The molecule has 0 amide bonds. The van der Waals surface area contributed by atoms with E-state index in [1.807, 2.05) is 0 Å². The van der Waals surface area contributed by atoms with Gasteiger partial charge in [-0.2, -0.15) is 0 Å². The molecule has 2 nitrogen and oxygen atoms in total. The largest absolute Gasteiger partial charge is 0.329 e. The molecule has 0 aromatic carbocycles. The smallest absolute Gasteiger partial charge is 0.0249 e. The van der Waals surface area contributed by atoms with Crippen LogP contribution >= 0.6 is 0 Å². The molecule has 0 aliphatic heterocycles. The Labute approximate surface area is 114 Å². The highest BCUT2D eigenvalue weighted by Crippen LogP contribution is 2.29. The van der Waals surface area contributed by atoms with E-state index in [0.29, 0.717) is 12.1 Å². The maximum Gasteiger partial charge on any atom is 0.0249 e. The Morgan fingerprint density at radius 1 is 1.11 bits per heavy atom. The van der Waals surface area contributed by atoms with Crippen molar-refractivity contribution in [3.8, 4) is 0 Å². The first-order valence-electron chi connectivity index (χ1n) is 8.16. The van der Waals surface area contributed by atoms with E-state index in [0.717, 1.165) is 12.5 Å². The molecule has 0 heterocycles. The predicted octanol–water partition coefficient (Wildman–Crippen LogP) is 3.79. The lowest BCUT2D eigenvalue weighted by Gasteiger charge is -2.40. The van der Waals surface area contributed by atoms with E-state index in [2.05, 4.69) is 25.7 Å². The van der Waals surface area contributed by atoms with Crippen molar-refractivity contribution in [1.82, 2.24) is 4.90 Å². The third kappa shape index (κ3) is 4.89. The standard InChI is InChI=1S/C16H34N2/c1-4-5-9-12-18(14(2)3)16(13-17)15-10-7-6-8-11-15/h14-16H,4-13,17H2,1-3H3. The summed E-state index contributed by atoms with van der Waals surface area (Å²) in [5.74, 6) is 0.854. The summed E-state index contributed by atoms with van der Waals surface area (Å²) >= 11 is 0. The Morgan fingerprint density at radius 2 is 1.78 bits per heavy atom. The van der Waals surface area contributed by atoms with Crippen LogP contribution in [-0.4, -0.2) is 30.1 Å². The lowest BCUT2D eigenvalue weighted by molar-refractivity contribution is 0.0904. The maximum atomic E-state index is 6.10. The SMILES string of the molecule is CCCCCN(C(C)C)C(CN)C1CCCCC1. The zero-order valence-electron chi connectivity index (χ0n) is 12.8. The second-order valence-electron chi connectivity index (χ2n) is 6.24. The van der Waals surface area contributed by atoms with Crippen LogP contribution in [0.4, 0.5) is 0 Å². The van der Waals surface area contributed by atoms with Gasteiger partial charge < -0.3 is 5.73 Å². The minimum absolute atomic E-state index is 0.627. The van der Waals surface area contributed by atoms with Crippen molar-refractivity contribution in [2.24, 2.45) is 11.7 Å². The number of nitrogens with two attached hydrogens (primary N) is 1. The lowest BCUT2D eigenvalue weighted by atomic mass is 9.82. The van der Waals surface area contributed by atoms with Gasteiger partial charge in [0.1, 0.15) is 0 Å². The van der Waals surface area contributed by atoms with Crippen LogP contribution in [0.2, 0.25) is 0 Å². The summed E-state index contributed by atoms with van der Waals surface area (Å²) in [4.78, 5) is 2.69. The molecule has 1 unspecified atom stereocenters. The van der Waals surface area contributed by atoms with Gasteiger partial charge in [0.25, 0.3) is 0 Å². The summed E-state index contributed by atoms with van der Waals surface area (Å²) in [7, 11) is 0. The summed E-state index contributed by atoms with van der Waals surface area (Å²) in [5.41, 5.74) is 6.10. The van der Waals surface area contributed by atoms with Gasteiger partial charge in [0.15, 0.2) is 0 Å². The zero-order chi connectivity index (χ0) is 13.4. The Hall–Kier alpha value is -0.0800. The fourth-order valence-corrected chi connectivity index (χ4v) is 3.47. The third-order valence-corrected chi connectivity index (χ3v) is 4.54. The van der Waals surface area contributed by atoms with Gasteiger partial charge in [0, 0.05) is 18.6 Å². The van der Waals surface area contributed by atoms with Gasteiger partial charge >= 0.3 is 0 Å². The Morgan fingerprint density at radius 3 is 2.28 bits per heavy atom. The number of hydrogen-bond acceptors (Lipinski definition) is 2. The number of unbranched alkanes of at least 4 members (excludes halogenated alkanes) is 2. The van der Waals surface area contributed by atoms with Crippen LogP contribution in [0.5, 0.6) is 0 Å². The minimum atomic E-state index is 0.627. The molecule has 0 radical (unpaired) electrons. The number of rotatable bonds is 8. The van der Waals surface area contributed by atoms with Crippen LogP contribution in [0, 0.1) is 5.92 Å². The number of nitrogens with zero attached hydrogens (tertiary/aromatic N) is 1. The highest BCUT2D eigenvalue weighted by atomic mass is 15.2. The predicted molar refractivity (Wildman–Crippen MR) is 80.8 cm³/mol. The average Bonchev–Trinajstić information content (AvgIpc) is 2.39. The van der Waals surface area contributed by atoms with Gasteiger partial charge in [-0.1, -0.05) is 39.0 Å². The van der Waals surface area contributed by atoms with Crippen molar-refractivity contribution in [2.75, 3.05) is 13.1 Å². The molecule has 0 saturated heterocycles. The molecule has 0 bridgehead atoms. The molecule has 0 aromatic rings. The van der Waals surface area contributed by atoms with Crippen molar-refractivity contribution in [3.63, 3.8) is 0 Å². The molecule has 2 heteroatoms. The van der Waals surface area contributed by atoms with Gasteiger partial charge in [0.2, 0.25) is 0 Å². The molecular formula is C16H34N2. The van der Waals surface area contributed by atoms with Gasteiger partial charge in [-0.05, 0) is 45.6 Å². The van der Waals surface area contributed by atoms with Crippen molar-refractivity contribution in [1.29, 1.82) is 0 Å². The van der Waals surface area contributed by atoms with E-state index in [1.165, 1.54) is 57.9 Å². The minimum Gasteiger partial charge on any atom is -0.329 e. The van der Waals surface area contributed by atoms with Crippen LogP contribution < -0.4 is 5.73 Å². The molecular weight excluding hydrogens is 220 g/mol. The van der Waals surface area contributed by atoms with Crippen molar-refractivity contribution >= 4 is 0 Å². The monoisotopic (exact) mass is 254 g/mol.